The molecule has 1 aliphatic carbocycles. The van der Waals surface area contributed by atoms with Gasteiger partial charge in [0.2, 0.25) is 0 Å². The predicted molar refractivity (Wildman–Crippen MR) is 99.5 cm³/mol. The first-order valence-electron chi connectivity index (χ1n) is 8.28. The van der Waals surface area contributed by atoms with Crippen molar-refractivity contribution in [3.63, 3.8) is 0 Å². The number of benzene rings is 2. The fourth-order valence-corrected chi connectivity index (χ4v) is 6.25. The summed E-state index contributed by atoms with van der Waals surface area (Å²) in [7, 11) is -1.81. The van der Waals surface area contributed by atoms with Gasteiger partial charge in [-0.25, -0.2) is 0 Å². The van der Waals surface area contributed by atoms with Crippen LogP contribution in [0, 0.1) is 0 Å². The van der Waals surface area contributed by atoms with Crippen LogP contribution in [-0.4, -0.2) is 8.07 Å². The summed E-state index contributed by atoms with van der Waals surface area (Å²) in [5.41, 5.74) is 4.05. The maximum Gasteiger partial charge on any atom is 0.138 e. The molecule has 0 fully saturated rings. The monoisotopic (exact) mass is 304 g/mol. The first-order valence-corrected chi connectivity index (χ1v) is 10.9. The minimum absolute atomic E-state index is 1.24. The molecule has 0 amide bonds. The molecule has 1 heteroatoms. The van der Waals surface area contributed by atoms with Gasteiger partial charge in [0.25, 0.3) is 0 Å². The van der Waals surface area contributed by atoms with Crippen molar-refractivity contribution in [3.05, 3.63) is 84.1 Å². The lowest BCUT2D eigenvalue weighted by atomic mass is 10.00. The van der Waals surface area contributed by atoms with E-state index in [1.54, 1.807) is 0 Å². The van der Waals surface area contributed by atoms with Crippen LogP contribution in [0.3, 0.4) is 0 Å². The predicted octanol–water partition coefficient (Wildman–Crippen LogP) is 4.48. The maximum absolute atomic E-state index is 2.52. The molecule has 0 aliphatic heterocycles. The highest BCUT2D eigenvalue weighted by Gasteiger charge is 2.28. The Balaban J connectivity index is 2.00. The Morgan fingerprint density at radius 2 is 1.41 bits per heavy atom. The highest BCUT2D eigenvalue weighted by Crippen LogP contribution is 2.19. The van der Waals surface area contributed by atoms with Crippen LogP contribution in [-0.2, 0) is 0 Å². The van der Waals surface area contributed by atoms with Gasteiger partial charge in [0.15, 0.2) is 0 Å². The van der Waals surface area contributed by atoms with Gasteiger partial charge < -0.3 is 0 Å². The van der Waals surface area contributed by atoms with Gasteiger partial charge in [-0.2, -0.15) is 0 Å². The van der Waals surface area contributed by atoms with E-state index in [2.05, 4.69) is 85.1 Å². The molecule has 2 aromatic carbocycles. The van der Waals surface area contributed by atoms with E-state index in [1.165, 1.54) is 41.6 Å². The molecule has 0 nitrogen and oxygen atoms in total. The van der Waals surface area contributed by atoms with Gasteiger partial charge in [0, 0.05) is 0 Å². The molecule has 0 unspecified atom stereocenters. The summed E-state index contributed by atoms with van der Waals surface area (Å²) in [4.78, 5) is 0. The zero-order valence-corrected chi connectivity index (χ0v) is 14.3. The van der Waals surface area contributed by atoms with Gasteiger partial charge >= 0.3 is 0 Å². The van der Waals surface area contributed by atoms with Crippen molar-refractivity contribution in [2.45, 2.75) is 32.2 Å². The van der Waals surface area contributed by atoms with Crippen molar-refractivity contribution < 1.29 is 0 Å². The van der Waals surface area contributed by atoms with E-state index < -0.39 is 8.07 Å². The summed E-state index contributed by atoms with van der Waals surface area (Å²) in [5, 5.41) is 2.96. The molecule has 0 aromatic heterocycles. The summed E-state index contributed by atoms with van der Waals surface area (Å²) in [5.74, 6) is 0. The number of hydrogen-bond donors (Lipinski definition) is 0. The average molecular weight is 305 g/mol. The van der Waals surface area contributed by atoms with Crippen molar-refractivity contribution in [3.8, 4) is 0 Å². The molecule has 112 valence electrons. The lowest BCUT2D eigenvalue weighted by Crippen LogP contribution is -2.54. The smallest absolute Gasteiger partial charge is 0.0858 e. The normalized spacial score (nSPS) is 15.8. The maximum atomic E-state index is 2.52. The minimum Gasteiger partial charge on any atom is -0.0858 e. The van der Waals surface area contributed by atoms with Crippen molar-refractivity contribution in [2.75, 3.05) is 0 Å². The number of hydrogen-bond acceptors (Lipinski definition) is 0. The molecule has 0 saturated heterocycles. The molecule has 0 N–H and O–H groups in total. The van der Waals surface area contributed by atoms with Crippen molar-refractivity contribution >= 4 is 18.4 Å². The molecule has 1 aliphatic rings. The fourth-order valence-electron chi connectivity index (χ4n) is 3.22. The second kappa shape index (κ2) is 6.93. The lowest BCUT2D eigenvalue weighted by Gasteiger charge is -2.25. The first-order chi connectivity index (χ1) is 10.8. The zero-order valence-electron chi connectivity index (χ0n) is 13.3. The van der Waals surface area contributed by atoms with Gasteiger partial charge in [-0.3, -0.25) is 0 Å². The Labute approximate surface area is 135 Å². The molecule has 0 saturated carbocycles. The van der Waals surface area contributed by atoms with E-state index in [0.29, 0.717) is 0 Å². The summed E-state index contributed by atoms with van der Waals surface area (Å²) in [6, 6.07) is 22.0. The van der Waals surface area contributed by atoms with Gasteiger partial charge in [-0.15, -0.1) is 0 Å². The van der Waals surface area contributed by atoms with Gasteiger partial charge in [-0.05, 0) is 25.7 Å². The molecule has 0 bridgehead atoms. The average Bonchev–Trinajstić information content (AvgIpc) is 2.62. The van der Waals surface area contributed by atoms with E-state index in [0.717, 1.165) is 0 Å². The third kappa shape index (κ3) is 3.31. The second-order valence-electron chi connectivity index (χ2n) is 6.29. The Morgan fingerprint density at radius 3 is 1.91 bits per heavy atom. The molecular formula is C21H24Si. The third-order valence-corrected chi connectivity index (χ3v) is 8.60. The largest absolute Gasteiger partial charge is 0.138 e. The first kappa shape index (κ1) is 15.0. The van der Waals surface area contributed by atoms with Crippen molar-refractivity contribution in [1.82, 2.24) is 0 Å². The van der Waals surface area contributed by atoms with E-state index >= 15 is 0 Å². The van der Waals surface area contributed by atoms with E-state index in [1.807, 2.05) is 0 Å². The third-order valence-electron chi connectivity index (χ3n) is 4.70. The summed E-state index contributed by atoms with van der Waals surface area (Å²) in [6.45, 7) is 2.46. The minimum atomic E-state index is -1.81. The summed E-state index contributed by atoms with van der Waals surface area (Å²) in [6.07, 6.45) is 10.0. The highest BCUT2D eigenvalue weighted by molar-refractivity contribution is 7.05. The highest BCUT2D eigenvalue weighted by atomic mass is 28.3. The van der Waals surface area contributed by atoms with E-state index in [9.17, 15) is 0 Å². The number of rotatable bonds is 4. The molecule has 2 aromatic rings. The molecule has 22 heavy (non-hydrogen) atoms. The van der Waals surface area contributed by atoms with Gasteiger partial charge in [0.1, 0.15) is 8.07 Å². The summed E-state index contributed by atoms with van der Waals surface area (Å²) < 4.78 is 0. The van der Waals surface area contributed by atoms with E-state index in [-0.39, 0.29) is 0 Å². The molecule has 0 atom stereocenters. The molecular weight excluding hydrogens is 280 g/mol. The molecule has 0 radical (unpaired) electrons. The Kier molecular flexibility index (Phi) is 4.74. The van der Waals surface area contributed by atoms with Crippen LogP contribution in [0.2, 0.25) is 6.55 Å². The van der Waals surface area contributed by atoms with Crippen LogP contribution < -0.4 is 10.4 Å². The Morgan fingerprint density at radius 1 is 0.818 bits per heavy atom. The topological polar surface area (TPSA) is 0 Å². The number of allylic oxidation sites excluding steroid dienone is 3. The van der Waals surface area contributed by atoms with Crippen LogP contribution in [0.4, 0.5) is 0 Å². The van der Waals surface area contributed by atoms with Crippen LogP contribution in [0.25, 0.3) is 0 Å². The zero-order chi connectivity index (χ0) is 15.3. The van der Waals surface area contributed by atoms with Crippen LogP contribution in [0.15, 0.2) is 84.1 Å². The Hall–Kier alpha value is -1.86. The fraction of sp³-hybridized carbons (Fsp3) is 0.238. The van der Waals surface area contributed by atoms with Crippen LogP contribution >= 0.6 is 0 Å². The van der Waals surface area contributed by atoms with Gasteiger partial charge in [-0.1, -0.05) is 101 Å². The standard InChI is InChI=1S/C21H24Si/c1-22(20-13-7-3-8-14-20,21-15-9-4-10-16-21)18-17-19-11-5-2-6-12-19/h3-4,7-11,13-18H,2,5-6,12H2,1H3/b18-17+. The van der Waals surface area contributed by atoms with Crippen LogP contribution in [0.1, 0.15) is 25.7 Å². The molecule has 3 rings (SSSR count). The quantitative estimate of drug-likeness (QED) is 0.731. The van der Waals surface area contributed by atoms with Crippen molar-refractivity contribution in [2.24, 2.45) is 0 Å². The second-order valence-corrected chi connectivity index (χ2v) is 10.2. The van der Waals surface area contributed by atoms with E-state index in [4.69, 9.17) is 0 Å². The van der Waals surface area contributed by atoms with Gasteiger partial charge in [0.05, 0.1) is 0 Å². The SMILES string of the molecule is C[Si](/C=C/C1=CCCCC1)(c1ccccc1)c1ccccc1. The molecule has 0 heterocycles. The van der Waals surface area contributed by atoms with Crippen LogP contribution in [0.5, 0.6) is 0 Å². The lowest BCUT2D eigenvalue weighted by molar-refractivity contribution is 0.712. The van der Waals surface area contributed by atoms with Crippen molar-refractivity contribution in [1.29, 1.82) is 0 Å². The molecule has 0 spiro atoms. The summed E-state index contributed by atoms with van der Waals surface area (Å²) >= 11 is 0. The Bertz CT molecular complexity index is 613.